The third kappa shape index (κ3) is 1.56. The molecule has 1 heterocycles. The number of hydroxylamine groups is 1. The molecule has 0 aromatic carbocycles. The molecule has 54 valence electrons. The van der Waals surface area contributed by atoms with E-state index in [0.717, 1.165) is 0 Å². The van der Waals surface area contributed by atoms with Crippen molar-refractivity contribution >= 4 is 5.91 Å². The van der Waals surface area contributed by atoms with Gasteiger partial charge in [0.1, 0.15) is 6.26 Å². The Labute approximate surface area is 56.6 Å². The maximum atomic E-state index is 10.4. The fourth-order valence-corrected chi connectivity index (χ4v) is 0.529. The smallest absolute Gasteiger partial charge is 0.249 e. The number of hydrogen-bond acceptors (Lipinski definition) is 4. The van der Waals surface area contributed by atoms with Crippen molar-refractivity contribution in [2.24, 2.45) is 0 Å². The summed E-state index contributed by atoms with van der Waals surface area (Å²) in [5.41, 5.74) is 1.97. The summed E-state index contributed by atoms with van der Waals surface area (Å²) in [5.74, 6) is -0.506. The highest BCUT2D eigenvalue weighted by atomic mass is 16.5. The van der Waals surface area contributed by atoms with E-state index in [4.69, 9.17) is 5.21 Å². The molecule has 0 spiro atoms. The molecule has 0 unspecified atom stereocenters. The van der Waals surface area contributed by atoms with Crippen LogP contribution in [0.3, 0.4) is 0 Å². The van der Waals surface area contributed by atoms with Crippen molar-refractivity contribution in [1.82, 2.24) is 10.5 Å². The molecule has 5 heteroatoms. The summed E-state index contributed by atoms with van der Waals surface area (Å²) in [4.78, 5) is 14.1. The lowest BCUT2D eigenvalue weighted by atomic mass is 10.3. The number of hydrogen-bond donors (Lipinski definition) is 2. The molecule has 0 radical (unpaired) electrons. The Morgan fingerprint density at radius 1 is 1.90 bits per heavy atom. The molecule has 0 aliphatic carbocycles. The second kappa shape index (κ2) is 2.98. The van der Waals surface area contributed by atoms with Gasteiger partial charge in [-0.3, -0.25) is 10.0 Å². The molecule has 1 aromatic rings. The number of oxazole rings is 1. The molecular formula is C5H6N2O3. The zero-order chi connectivity index (χ0) is 7.40. The van der Waals surface area contributed by atoms with Gasteiger partial charge in [-0.2, -0.15) is 0 Å². The molecular weight excluding hydrogens is 136 g/mol. The lowest BCUT2D eigenvalue weighted by molar-refractivity contribution is -0.128. The van der Waals surface area contributed by atoms with E-state index in [0.29, 0.717) is 5.69 Å². The summed E-state index contributed by atoms with van der Waals surface area (Å²) in [6.07, 6.45) is 2.60. The highest BCUT2D eigenvalue weighted by Gasteiger charge is 2.02. The van der Waals surface area contributed by atoms with Crippen LogP contribution in [0.15, 0.2) is 17.1 Å². The largest absolute Gasteiger partial charge is 0.451 e. The first-order chi connectivity index (χ1) is 4.83. The van der Waals surface area contributed by atoms with E-state index in [1.54, 1.807) is 0 Å². The van der Waals surface area contributed by atoms with E-state index < -0.39 is 5.91 Å². The van der Waals surface area contributed by atoms with Crippen molar-refractivity contribution in [3.8, 4) is 0 Å². The van der Waals surface area contributed by atoms with E-state index >= 15 is 0 Å². The summed E-state index contributed by atoms with van der Waals surface area (Å²) in [5, 5.41) is 8.08. The van der Waals surface area contributed by atoms with E-state index in [1.165, 1.54) is 18.1 Å². The third-order valence-corrected chi connectivity index (χ3v) is 0.950. The van der Waals surface area contributed by atoms with Crippen LogP contribution < -0.4 is 5.48 Å². The van der Waals surface area contributed by atoms with Gasteiger partial charge in [-0.1, -0.05) is 0 Å². The Bertz CT molecular complexity index is 207. The van der Waals surface area contributed by atoms with Gasteiger partial charge >= 0.3 is 0 Å². The molecule has 0 atom stereocenters. The number of amides is 1. The first kappa shape index (κ1) is 6.76. The molecule has 0 bridgehead atoms. The van der Waals surface area contributed by atoms with E-state index in [1.807, 2.05) is 0 Å². The van der Waals surface area contributed by atoms with Crippen LogP contribution in [0.1, 0.15) is 5.69 Å². The topological polar surface area (TPSA) is 75.4 Å². The Morgan fingerprint density at radius 2 is 2.70 bits per heavy atom. The molecule has 5 nitrogen and oxygen atoms in total. The van der Waals surface area contributed by atoms with E-state index in [-0.39, 0.29) is 6.42 Å². The van der Waals surface area contributed by atoms with Crippen LogP contribution in [0.4, 0.5) is 0 Å². The fourth-order valence-electron chi connectivity index (χ4n) is 0.529. The summed E-state index contributed by atoms with van der Waals surface area (Å²) >= 11 is 0. The lowest BCUT2D eigenvalue weighted by Crippen LogP contribution is -2.20. The molecule has 10 heavy (non-hydrogen) atoms. The predicted molar refractivity (Wildman–Crippen MR) is 30.1 cm³/mol. The van der Waals surface area contributed by atoms with Crippen LogP contribution in [0.5, 0.6) is 0 Å². The normalized spacial score (nSPS) is 9.30. The van der Waals surface area contributed by atoms with Crippen molar-refractivity contribution < 1.29 is 14.4 Å². The van der Waals surface area contributed by atoms with Gasteiger partial charge < -0.3 is 4.42 Å². The van der Waals surface area contributed by atoms with Crippen molar-refractivity contribution in [2.75, 3.05) is 0 Å². The Morgan fingerprint density at radius 3 is 3.20 bits per heavy atom. The standard InChI is InChI=1S/C5H6N2O3/c8-5(7-9)1-4-2-10-3-6-4/h2-3,9H,1H2,(H,7,8). The minimum Gasteiger partial charge on any atom is -0.451 e. The van der Waals surface area contributed by atoms with Gasteiger partial charge in [0.25, 0.3) is 0 Å². The molecule has 0 saturated carbocycles. The van der Waals surface area contributed by atoms with Crippen LogP contribution in [-0.2, 0) is 11.2 Å². The van der Waals surface area contributed by atoms with Crippen molar-refractivity contribution in [3.05, 3.63) is 18.4 Å². The molecule has 1 aromatic heterocycles. The third-order valence-electron chi connectivity index (χ3n) is 0.950. The van der Waals surface area contributed by atoms with Crippen molar-refractivity contribution in [3.63, 3.8) is 0 Å². The van der Waals surface area contributed by atoms with Gasteiger partial charge in [-0.15, -0.1) is 0 Å². The fraction of sp³-hybridized carbons (Fsp3) is 0.200. The Kier molecular flexibility index (Phi) is 2.01. The maximum absolute atomic E-state index is 10.4. The molecule has 0 saturated heterocycles. The molecule has 0 fully saturated rings. The van der Waals surface area contributed by atoms with Gasteiger partial charge in [0.05, 0.1) is 12.1 Å². The molecule has 2 N–H and O–H groups in total. The number of aromatic nitrogens is 1. The SMILES string of the molecule is O=C(Cc1cocn1)NO. The van der Waals surface area contributed by atoms with Gasteiger partial charge in [-0.25, -0.2) is 10.5 Å². The van der Waals surface area contributed by atoms with Crippen LogP contribution in [0.2, 0.25) is 0 Å². The second-order valence-electron chi connectivity index (χ2n) is 1.69. The summed E-state index contributed by atoms with van der Waals surface area (Å²) in [6.45, 7) is 0. The average molecular weight is 142 g/mol. The zero-order valence-electron chi connectivity index (χ0n) is 5.07. The number of carbonyl (C=O) groups excluding carboxylic acids is 1. The molecule has 0 aliphatic rings. The minimum atomic E-state index is -0.506. The number of nitrogens with one attached hydrogen (secondary N) is 1. The monoisotopic (exact) mass is 142 g/mol. The molecule has 1 amide bonds. The van der Waals surface area contributed by atoms with Gasteiger partial charge in [-0.05, 0) is 0 Å². The van der Waals surface area contributed by atoms with Crippen LogP contribution in [0, 0.1) is 0 Å². The summed E-state index contributed by atoms with van der Waals surface area (Å²) in [7, 11) is 0. The van der Waals surface area contributed by atoms with Gasteiger partial charge in [0, 0.05) is 0 Å². The van der Waals surface area contributed by atoms with E-state index in [2.05, 4.69) is 9.40 Å². The number of rotatable bonds is 2. The summed E-state index contributed by atoms with van der Waals surface area (Å²) < 4.78 is 4.59. The van der Waals surface area contributed by atoms with Crippen molar-refractivity contribution in [2.45, 2.75) is 6.42 Å². The zero-order valence-corrected chi connectivity index (χ0v) is 5.07. The minimum absolute atomic E-state index is 0.0347. The average Bonchev–Trinajstić information content (AvgIpc) is 2.40. The number of nitrogens with zero attached hydrogens (tertiary/aromatic N) is 1. The van der Waals surface area contributed by atoms with Crippen LogP contribution in [0.25, 0.3) is 0 Å². The second-order valence-corrected chi connectivity index (χ2v) is 1.69. The maximum Gasteiger partial charge on any atom is 0.249 e. The number of carbonyl (C=O) groups is 1. The van der Waals surface area contributed by atoms with Crippen LogP contribution in [-0.4, -0.2) is 16.1 Å². The van der Waals surface area contributed by atoms with Crippen molar-refractivity contribution in [1.29, 1.82) is 0 Å². The summed E-state index contributed by atoms with van der Waals surface area (Å²) in [6, 6.07) is 0. The predicted octanol–water partition coefficient (Wildman–Crippen LogP) is -0.278. The highest BCUT2D eigenvalue weighted by Crippen LogP contribution is 1.94. The first-order valence-electron chi connectivity index (χ1n) is 2.63. The van der Waals surface area contributed by atoms with Gasteiger partial charge in [0.2, 0.25) is 5.91 Å². The van der Waals surface area contributed by atoms with Crippen LogP contribution >= 0.6 is 0 Å². The Hall–Kier alpha value is -1.36. The lowest BCUT2D eigenvalue weighted by Gasteiger charge is -1.91. The first-order valence-corrected chi connectivity index (χ1v) is 2.63. The Balaban J connectivity index is 2.48. The molecule has 0 aliphatic heterocycles. The van der Waals surface area contributed by atoms with E-state index in [9.17, 15) is 4.79 Å². The quantitative estimate of drug-likeness (QED) is 0.440. The highest BCUT2D eigenvalue weighted by molar-refractivity contribution is 5.76. The van der Waals surface area contributed by atoms with Gasteiger partial charge in [0.15, 0.2) is 6.39 Å². The molecule has 1 rings (SSSR count).